The maximum atomic E-state index is 11.3. The molecule has 3 heterocycles. The van der Waals surface area contributed by atoms with Crippen LogP contribution in [0.25, 0.3) is 11.4 Å². The van der Waals surface area contributed by atoms with E-state index < -0.39 is 5.97 Å². The van der Waals surface area contributed by atoms with E-state index in [1.807, 2.05) is 26.1 Å². The minimum atomic E-state index is -0.747. The maximum Gasteiger partial charge on any atom is 0.306 e. The van der Waals surface area contributed by atoms with Gasteiger partial charge in [-0.2, -0.15) is 9.36 Å². The first-order valence-corrected chi connectivity index (χ1v) is 12.0. The van der Waals surface area contributed by atoms with E-state index in [4.69, 9.17) is 9.47 Å². The van der Waals surface area contributed by atoms with Crippen molar-refractivity contribution < 1.29 is 19.4 Å². The smallest absolute Gasteiger partial charge is 0.306 e. The number of carboxylic acids is 1. The molecule has 3 aromatic rings. The average molecular weight is 471 g/mol. The molecule has 2 atom stereocenters. The number of rotatable bonds is 8. The van der Waals surface area contributed by atoms with Crippen molar-refractivity contribution in [1.82, 2.24) is 29.3 Å². The lowest BCUT2D eigenvalue weighted by Gasteiger charge is -2.27. The summed E-state index contributed by atoms with van der Waals surface area (Å²) in [5.41, 5.74) is 2.83. The van der Waals surface area contributed by atoms with Gasteiger partial charge in [0.2, 0.25) is 0 Å². The molecule has 33 heavy (non-hydrogen) atoms. The van der Waals surface area contributed by atoms with Crippen molar-refractivity contribution in [2.45, 2.75) is 64.1 Å². The molecule has 0 spiro atoms. The van der Waals surface area contributed by atoms with Gasteiger partial charge < -0.3 is 14.6 Å². The summed E-state index contributed by atoms with van der Waals surface area (Å²) in [6.45, 7) is 2.14. The molecule has 2 aliphatic rings. The number of aliphatic carboxylic acids is 1. The molecule has 0 unspecified atom stereocenters. The zero-order chi connectivity index (χ0) is 22.9. The molecule has 174 valence electrons. The molecule has 0 aromatic carbocycles. The van der Waals surface area contributed by atoms with Crippen molar-refractivity contribution in [3.8, 4) is 22.3 Å². The molecule has 0 bridgehead atoms. The van der Waals surface area contributed by atoms with Crippen molar-refractivity contribution in [3.63, 3.8) is 0 Å². The van der Waals surface area contributed by atoms with Gasteiger partial charge >= 0.3 is 5.97 Å². The van der Waals surface area contributed by atoms with Gasteiger partial charge in [-0.05, 0) is 57.6 Å². The SMILES string of the molecule is Cc1nc(-c2nnn(C)c2COc2nc(C3CC3)ns2)ccc1O[C@H]1CCC[C@H](C(=O)O)C1. The fraction of sp³-hybridized carbons (Fsp3) is 0.545. The van der Waals surface area contributed by atoms with Crippen molar-refractivity contribution in [2.75, 3.05) is 0 Å². The summed E-state index contributed by atoms with van der Waals surface area (Å²) in [4.78, 5) is 20.5. The first-order valence-electron chi connectivity index (χ1n) is 11.2. The number of ether oxygens (including phenoxy) is 2. The van der Waals surface area contributed by atoms with Crippen LogP contribution in [0.3, 0.4) is 0 Å². The van der Waals surface area contributed by atoms with Gasteiger partial charge in [-0.1, -0.05) is 5.21 Å². The van der Waals surface area contributed by atoms with Crippen molar-refractivity contribution in [1.29, 1.82) is 0 Å². The second-order valence-electron chi connectivity index (χ2n) is 8.71. The Balaban J connectivity index is 1.28. The molecule has 0 amide bonds. The van der Waals surface area contributed by atoms with Crippen LogP contribution >= 0.6 is 11.5 Å². The highest BCUT2D eigenvalue weighted by Gasteiger charge is 2.29. The predicted octanol–water partition coefficient (Wildman–Crippen LogP) is 3.52. The first-order chi connectivity index (χ1) is 16.0. The summed E-state index contributed by atoms with van der Waals surface area (Å²) in [7, 11) is 1.82. The Hall–Kier alpha value is -3.08. The lowest BCUT2D eigenvalue weighted by atomic mass is 9.87. The van der Waals surface area contributed by atoms with Crippen LogP contribution in [0.5, 0.6) is 10.9 Å². The van der Waals surface area contributed by atoms with Gasteiger partial charge in [0.05, 0.1) is 23.4 Å². The topological polar surface area (TPSA) is 125 Å². The molecular formula is C22H26N6O4S. The number of carboxylic acid groups (broad SMARTS) is 1. The van der Waals surface area contributed by atoms with Gasteiger partial charge in [-0.25, -0.2) is 9.67 Å². The van der Waals surface area contributed by atoms with E-state index >= 15 is 0 Å². The van der Waals surface area contributed by atoms with Gasteiger partial charge in [-0.15, -0.1) is 5.10 Å². The fourth-order valence-corrected chi connectivity index (χ4v) is 4.72. The van der Waals surface area contributed by atoms with Crippen LogP contribution in [0, 0.1) is 12.8 Å². The standard InChI is InChI=1S/C22H26N6O4S/c1-12-18(32-15-5-3-4-14(10-15)21(29)30)9-8-16(23-12)19-17(28(2)27-25-19)11-31-22-24-20(26-33-22)13-6-7-13/h8-9,13-15H,3-7,10-11H2,1-2H3,(H,29,30)/t14-,15-/m0/s1. The van der Waals surface area contributed by atoms with Gasteiger partial charge in [0, 0.05) is 24.5 Å². The third-order valence-electron chi connectivity index (χ3n) is 6.19. The number of hydrogen-bond donors (Lipinski definition) is 1. The Kier molecular flexibility index (Phi) is 5.96. The number of pyridine rings is 1. The quantitative estimate of drug-likeness (QED) is 0.526. The number of carbonyl (C=O) groups is 1. The summed E-state index contributed by atoms with van der Waals surface area (Å²) in [6.07, 6.45) is 5.13. The molecule has 1 N–H and O–H groups in total. The number of hydrogen-bond acceptors (Lipinski definition) is 9. The van der Waals surface area contributed by atoms with Crippen LogP contribution in [-0.4, -0.2) is 46.5 Å². The Morgan fingerprint density at radius 3 is 2.85 bits per heavy atom. The number of aromatic nitrogens is 6. The lowest BCUT2D eigenvalue weighted by Crippen LogP contribution is -2.29. The molecule has 0 aliphatic heterocycles. The van der Waals surface area contributed by atoms with Gasteiger partial charge in [0.25, 0.3) is 5.19 Å². The minimum absolute atomic E-state index is 0.112. The Bertz CT molecular complexity index is 1160. The van der Waals surface area contributed by atoms with E-state index in [0.29, 0.717) is 41.1 Å². The third-order valence-corrected chi connectivity index (χ3v) is 6.83. The zero-order valence-corrected chi connectivity index (χ0v) is 19.4. The molecule has 0 saturated heterocycles. The molecular weight excluding hydrogens is 444 g/mol. The highest BCUT2D eigenvalue weighted by molar-refractivity contribution is 7.07. The van der Waals surface area contributed by atoms with Crippen LogP contribution in [0.2, 0.25) is 0 Å². The van der Waals surface area contributed by atoms with Gasteiger partial charge in [-0.3, -0.25) is 4.79 Å². The van der Waals surface area contributed by atoms with E-state index in [-0.39, 0.29) is 18.6 Å². The average Bonchev–Trinajstić information content (AvgIpc) is 3.43. The number of aryl methyl sites for hydroxylation is 2. The van der Waals surface area contributed by atoms with Crippen molar-refractivity contribution in [2.24, 2.45) is 13.0 Å². The molecule has 0 radical (unpaired) electrons. The predicted molar refractivity (Wildman–Crippen MR) is 119 cm³/mol. The molecule has 2 fully saturated rings. The summed E-state index contributed by atoms with van der Waals surface area (Å²) in [6, 6.07) is 3.72. The molecule has 2 saturated carbocycles. The van der Waals surface area contributed by atoms with E-state index in [2.05, 4.69) is 24.7 Å². The van der Waals surface area contributed by atoms with Gasteiger partial charge in [0.15, 0.2) is 0 Å². The van der Waals surface area contributed by atoms with Crippen molar-refractivity contribution >= 4 is 17.5 Å². The molecule has 2 aliphatic carbocycles. The highest BCUT2D eigenvalue weighted by atomic mass is 32.1. The van der Waals surface area contributed by atoms with Crippen LogP contribution in [0.1, 0.15) is 61.7 Å². The minimum Gasteiger partial charge on any atom is -0.489 e. The van der Waals surface area contributed by atoms with E-state index in [1.54, 1.807) is 4.68 Å². The second-order valence-corrected chi connectivity index (χ2v) is 9.43. The van der Waals surface area contributed by atoms with E-state index in [9.17, 15) is 9.90 Å². The molecule has 10 nitrogen and oxygen atoms in total. The fourth-order valence-electron chi connectivity index (χ4n) is 4.11. The molecule has 3 aromatic heterocycles. The summed E-state index contributed by atoms with van der Waals surface area (Å²) >= 11 is 1.27. The number of nitrogens with zero attached hydrogens (tertiary/aromatic N) is 6. The van der Waals surface area contributed by atoms with Crippen molar-refractivity contribution in [3.05, 3.63) is 29.3 Å². The monoisotopic (exact) mass is 470 g/mol. The molecule has 5 rings (SSSR count). The zero-order valence-electron chi connectivity index (χ0n) is 18.6. The maximum absolute atomic E-state index is 11.3. The van der Waals surface area contributed by atoms with E-state index in [1.165, 1.54) is 11.5 Å². The summed E-state index contributed by atoms with van der Waals surface area (Å²) < 4.78 is 18.0. The summed E-state index contributed by atoms with van der Waals surface area (Å²) in [5.74, 6) is 0.941. The molecule has 11 heteroatoms. The van der Waals surface area contributed by atoms with E-state index in [0.717, 1.165) is 42.9 Å². The lowest BCUT2D eigenvalue weighted by molar-refractivity contribution is -0.143. The normalized spacial score (nSPS) is 20.5. The van der Waals surface area contributed by atoms with Crippen LogP contribution in [-0.2, 0) is 18.4 Å². The Morgan fingerprint density at radius 2 is 2.09 bits per heavy atom. The Morgan fingerprint density at radius 1 is 1.24 bits per heavy atom. The van der Waals surface area contributed by atoms with Crippen LogP contribution in [0.4, 0.5) is 0 Å². The first kappa shape index (κ1) is 21.7. The van der Waals surface area contributed by atoms with Crippen LogP contribution < -0.4 is 9.47 Å². The largest absolute Gasteiger partial charge is 0.489 e. The second kappa shape index (κ2) is 9.05. The Labute approximate surface area is 195 Å². The highest BCUT2D eigenvalue weighted by Crippen LogP contribution is 2.39. The third kappa shape index (κ3) is 4.82. The van der Waals surface area contributed by atoms with Gasteiger partial charge in [0.1, 0.15) is 29.6 Å². The summed E-state index contributed by atoms with van der Waals surface area (Å²) in [5, 5.41) is 18.3. The van der Waals surface area contributed by atoms with Crippen LogP contribution in [0.15, 0.2) is 12.1 Å².